The van der Waals surface area contributed by atoms with Gasteiger partial charge in [0.2, 0.25) is 0 Å². The predicted octanol–water partition coefficient (Wildman–Crippen LogP) is 3.65. The van der Waals surface area contributed by atoms with Crippen LogP contribution >= 0.6 is 27.5 Å². The summed E-state index contributed by atoms with van der Waals surface area (Å²) in [5, 5.41) is 0.680. The van der Waals surface area contributed by atoms with E-state index in [4.69, 9.17) is 17.3 Å². The predicted molar refractivity (Wildman–Crippen MR) is 75.1 cm³/mol. The Morgan fingerprint density at radius 3 is 2.71 bits per heavy atom. The number of anilines is 1. The average molecular weight is 315 g/mol. The van der Waals surface area contributed by atoms with E-state index in [2.05, 4.69) is 27.8 Å². The lowest BCUT2D eigenvalue weighted by Gasteiger charge is -2.02. The van der Waals surface area contributed by atoms with E-state index in [9.17, 15) is 0 Å². The minimum Gasteiger partial charge on any atom is -0.383 e. The molecular formula is C12H13BrClN3. The van der Waals surface area contributed by atoms with Crippen LogP contribution in [0.15, 0.2) is 22.7 Å². The van der Waals surface area contributed by atoms with Gasteiger partial charge in [-0.15, -0.1) is 0 Å². The van der Waals surface area contributed by atoms with Crippen molar-refractivity contribution in [2.45, 2.75) is 13.3 Å². The van der Waals surface area contributed by atoms with Gasteiger partial charge < -0.3 is 10.3 Å². The zero-order chi connectivity index (χ0) is 12.6. The van der Waals surface area contributed by atoms with E-state index in [1.54, 1.807) is 0 Å². The number of hydrogen-bond acceptors (Lipinski definition) is 2. The molecule has 0 bridgehead atoms. The minimum absolute atomic E-state index is 0.677. The number of benzene rings is 1. The van der Waals surface area contributed by atoms with Crippen molar-refractivity contribution in [2.75, 3.05) is 5.73 Å². The summed E-state index contributed by atoms with van der Waals surface area (Å²) in [5.41, 5.74) is 7.83. The van der Waals surface area contributed by atoms with E-state index >= 15 is 0 Å². The number of imidazole rings is 1. The fraction of sp³-hybridized carbons (Fsp3) is 0.250. The molecule has 0 fully saturated rings. The van der Waals surface area contributed by atoms with Crippen LogP contribution in [0.3, 0.4) is 0 Å². The lowest BCUT2D eigenvalue weighted by Crippen LogP contribution is -2.00. The number of hydrogen-bond donors (Lipinski definition) is 1. The van der Waals surface area contributed by atoms with E-state index in [-0.39, 0.29) is 0 Å². The molecule has 17 heavy (non-hydrogen) atoms. The smallest absolute Gasteiger partial charge is 0.131 e. The van der Waals surface area contributed by atoms with Crippen LogP contribution in [-0.2, 0) is 13.5 Å². The number of nitrogen functional groups attached to an aromatic ring is 1. The monoisotopic (exact) mass is 313 g/mol. The second kappa shape index (κ2) is 4.70. The highest BCUT2D eigenvalue weighted by atomic mass is 79.9. The molecule has 1 heterocycles. The molecule has 0 spiro atoms. The van der Waals surface area contributed by atoms with Crippen molar-refractivity contribution < 1.29 is 0 Å². The van der Waals surface area contributed by atoms with E-state index in [0.29, 0.717) is 10.8 Å². The topological polar surface area (TPSA) is 43.8 Å². The summed E-state index contributed by atoms with van der Waals surface area (Å²) < 4.78 is 2.76. The lowest BCUT2D eigenvalue weighted by atomic mass is 10.1. The molecule has 2 N–H and O–H groups in total. The van der Waals surface area contributed by atoms with E-state index in [0.717, 1.165) is 28.0 Å². The molecular weight excluding hydrogens is 302 g/mol. The number of nitrogens with zero attached hydrogens (tertiary/aromatic N) is 2. The second-order valence-corrected chi connectivity index (χ2v) is 5.06. The Bertz CT molecular complexity index is 563. The molecule has 0 aliphatic rings. The number of halogens is 2. The number of rotatable bonds is 2. The maximum Gasteiger partial charge on any atom is 0.131 e. The summed E-state index contributed by atoms with van der Waals surface area (Å²) >= 11 is 9.37. The fourth-order valence-electron chi connectivity index (χ4n) is 1.73. The molecule has 0 unspecified atom stereocenters. The largest absolute Gasteiger partial charge is 0.383 e. The van der Waals surface area contributed by atoms with Gasteiger partial charge in [0.25, 0.3) is 0 Å². The van der Waals surface area contributed by atoms with Gasteiger partial charge in [-0.2, -0.15) is 0 Å². The van der Waals surface area contributed by atoms with E-state index in [1.807, 2.05) is 29.8 Å². The summed E-state index contributed by atoms with van der Waals surface area (Å²) in [6.45, 7) is 2.06. The van der Waals surface area contributed by atoms with Crippen LogP contribution in [0.25, 0.3) is 11.3 Å². The van der Waals surface area contributed by atoms with Gasteiger partial charge >= 0.3 is 0 Å². The summed E-state index contributed by atoms with van der Waals surface area (Å²) in [4.78, 5) is 4.54. The van der Waals surface area contributed by atoms with Gasteiger partial charge in [-0.1, -0.05) is 24.6 Å². The SMILES string of the molecule is CCc1nc(-c2ccc(Cl)c(Br)c2)c(N)n1C. The Balaban J connectivity index is 2.56. The first-order chi connectivity index (χ1) is 8.04. The Kier molecular flexibility index (Phi) is 3.45. The molecule has 0 radical (unpaired) electrons. The summed E-state index contributed by atoms with van der Waals surface area (Å²) in [6, 6.07) is 5.69. The highest BCUT2D eigenvalue weighted by Gasteiger charge is 2.13. The fourth-order valence-corrected chi connectivity index (χ4v) is 2.23. The summed E-state index contributed by atoms with van der Waals surface area (Å²) in [6.07, 6.45) is 0.857. The van der Waals surface area contributed by atoms with Crippen molar-refractivity contribution in [1.29, 1.82) is 0 Å². The van der Waals surface area contributed by atoms with Crippen LogP contribution in [-0.4, -0.2) is 9.55 Å². The molecule has 0 amide bonds. The molecule has 0 aliphatic heterocycles. The molecule has 1 aromatic carbocycles. The van der Waals surface area contributed by atoms with Gasteiger partial charge in [0.15, 0.2) is 0 Å². The zero-order valence-electron chi connectivity index (χ0n) is 9.67. The molecule has 90 valence electrons. The maximum atomic E-state index is 6.05. The highest BCUT2D eigenvalue weighted by Crippen LogP contribution is 2.31. The van der Waals surface area contributed by atoms with Crippen molar-refractivity contribution in [3.05, 3.63) is 33.5 Å². The second-order valence-electron chi connectivity index (χ2n) is 3.80. The molecule has 3 nitrogen and oxygen atoms in total. The van der Waals surface area contributed by atoms with Gasteiger partial charge in [0, 0.05) is 23.5 Å². The molecule has 0 atom stereocenters. The Morgan fingerprint density at radius 1 is 1.47 bits per heavy atom. The van der Waals surface area contributed by atoms with Crippen molar-refractivity contribution in [1.82, 2.24) is 9.55 Å². The first kappa shape index (κ1) is 12.5. The molecule has 1 aromatic heterocycles. The van der Waals surface area contributed by atoms with Crippen LogP contribution in [0.2, 0.25) is 5.02 Å². The Hall–Kier alpha value is -1.00. The van der Waals surface area contributed by atoms with Crippen molar-refractivity contribution >= 4 is 33.3 Å². The summed E-state index contributed by atoms with van der Waals surface area (Å²) in [5.74, 6) is 1.65. The normalized spacial score (nSPS) is 10.8. The van der Waals surface area contributed by atoms with Crippen LogP contribution in [0, 0.1) is 0 Å². The van der Waals surface area contributed by atoms with Crippen molar-refractivity contribution in [3.63, 3.8) is 0 Å². The number of nitrogens with two attached hydrogens (primary N) is 1. The van der Waals surface area contributed by atoms with Gasteiger partial charge in [-0.25, -0.2) is 4.98 Å². The van der Waals surface area contributed by atoms with Gasteiger partial charge in [0.05, 0.1) is 5.02 Å². The zero-order valence-corrected chi connectivity index (χ0v) is 12.0. The van der Waals surface area contributed by atoms with Crippen molar-refractivity contribution in [2.24, 2.45) is 7.05 Å². The van der Waals surface area contributed by atoms with Gasteiger partial charge in [-0.3, -0.25) is 0 Å². The summed E-state index contributed by atoms with van der Waals surface area (Å²) in [7, 11) is 1.93. The molecule has 2 aromatic rings. The minimum atomic E-state index is 0.677. The van der Waals surface area contributed by atoms with Crippen LogP contribution < -0.4 is 5.73 Å². The number of aromatic nitrogens is 2. The van der Waals surface area contributed by atoms with E-state index < -0.39 is 0 Å². The number of aryl methyl sites for hydroxylation is 1. The maximum absolute atomic E-state index is 6.05. The Labute approximate surface area is 114 Å². The first-order valence-electron chi connectivity index (χ1n) is 5.31. The molecule has 0 saturated heterocycles. The first-order valence-corrected chi connectivity index (χ1v) is 6.48. The molecule has 2 rings (SSSR count). The lowest BCUT2D eigenvalue weighted by molar-refractivity contribution is 0.816. The van der Waals surface area contributed by atoms with Crippen LogP contribution in [0.4, 0.5) is 5.82 Å². The van der Waals surface area contributed by atoms with Gasteiger partial charge in [0.1, 0.15) is 17.3 Å². The average Bonchev–Trinajstić information content (AvgIpc) is 2.60. The standard InChI is InChI=1S/C12H13BrClN3/c1-3-10-16-11(12(15)17(10)2)7-4-5-9(14)8(13)6-7/h4-6H,3,15H2,1-2H3. The quantitative estimate of drug-likeness (QED) is 0.919. The highest BCUT2D eigenvalue weighted by molar-refractivity contribution is 9.10. The van der Waals surface area contributed by atoms with E-state index in [1.165, 1.54) is 0 Å². The van der Waals surface area contributed by atoms with Crippen LogP contribution in [0.5, 0.6) is 0 Å². The molecule has 5 heteroatoms. The third-order valence-corrected chi connectivity index (χ3v) is 3.96. The third kappa shape index (κ3) is 2.19. The van der Waals surface area contributed by atoms with Gasteiger partial charge in [-0.05, 0) is 28.1 Å². The molecule has 0 saturated carbocycles. The van der Waals surface area contributed by atoms with Crippen molar-refractivity contribution in [3.8, 4) is 11.3 Å². The molecule has 0 aliphatic carbocycles. The van der Waals surface area contributed by atoms with Crippen LogP contribution in [0.1, 0.15) is 12.7 Å². The Morgan fingerprint density at radius 2 is 2.18 bits per heavy atom. The third-order valence-electron chi connectivity index (χ3n) is 2.74.